The molecule has 0 aliphatic rings. The van der Waals surface area contributed by atoms with E-state index in [2.05, 4.69) is 27.1 Å². The second kappa shape index (κ2) is 9.88. The van der Waals surface area contributed by atoms with Gasteiger partial charge in [0.2, 0.25) is 5.78 Å². The molecular weight excluding hydrogens is 372 g/mol. The standard InChI is InChI=1S/C20H22N6O3/c1-22-10-14(11-23-2)17-15(12-26(3)25-17)20(29)24-16(18(27)19(21)28)9-13-7-5-4-6-8-13/h4-8,10-12,16H,1,9H2,2-3H3,(H2,21,28)(H,24,29)/b14-10+,23-11?. The number of aryl methyl sites for hydroxylation is 1. The van der Waals surface area contributed by atoms with E-state index in [1.807, 2.05) is 6.07 Å². The van der Waals surface area contributed by atoms with Crippen molar-refractivity contribution >= 4 is 36.1 Å². The van der Waals surface area contributed by atoms with Crippen LogP contribution in [0.5, 0.6) is 0 Å². The highest BCUT2D eigenvalue weighted by atomic mass is 16.2. The number of aliphatic imine (C=N–C) groups is 2. The van der Waals surface area contributed by atoms with Gasteiger partial charge >= 0.3 is 0 Å². The SMILES string of the molecule is C=N/C=C(\C=NC)c1nn(C)cc1C(=O)NC(Cc1ccccc1)C(=O)C(N)=O. The molecule has 0 saturated carbocycles. The first-order chi connectivity index (χ1) is 13.9. The molecule has 0 radical (unpaired) electrons. The maximum atomic E-state index is 12.9. The fourth-order valence-electron chi connectivity index (χ4n) is 2.73. The molecule has 0 spiro atoms. The van der Waals surface area contributed by atoms with Gasteiger partial charge in [0.25, 0.3) is 11.8 Å². The van der Waals surface area contributed by atoms with Crippen LogP contribution < -0.4 is 11.1 Å². The molecule has 1 atom stereocenters. The molecule has 1 aromatic heterocycles. The van der Waals surface area contributed by atoms with Gasteiger partial charge in [0.1, 0.15) is 11.7 Å². The minimum atomic E-state index is -1.12. The van der Waals surface area contributed by atoms with Gasteiger partial charge in [-0.3, -0.25) is 29.1 Å². The fraction of sp³-hybridized carbons (Fsp3) is 0.200. The molecular formula is C20H22N6O3. The van der Waals surface area contributed by atoms with Crippen molar-refractivity contribution in [1.82, 2.24) is 15.1 Å². The molecule has 2 rings (SSSR count). The number of nitrogens with zero attached hydrogens (tertiary/aromatic N) is 4. The van der Waals surface area contributed by atoms with Gasteiger partial charge in [0.15, 0.2) is 0 Å². The molecule has 0 bridgehead atoms. The van der Waals surface area contributed by atoms with E-state index in [1.54, 1.807) is 38.4 Å². The Morgan fingerprint density at radius 1 is 1.31 bits per heavy atom. The van der Waals surface area contributed by atoms with Crippen LogP contribution in [0.25, 0.3) is 5.57 Å². The number of hydrogen-bond donors (Lipinski definition) is 2. The molecule has 9 nitrogen and oxygen atoms in total. The first kappa shape index (κ1) is 21.4. The zero-order chi connectivity index (χ0) is 21.4. The summed E-state index contributed by atoms with van der Waals surface area (Å²) in [5.41, 5.74) is 6.91. The number of nitrogens with one attached hydrogen (secondary N) is 1. The molecule has 9 heteroatoms. The van der Waals surface area contributed by atoms with Crippen LogP contribution in [0, 0.1) is 0 Å². The Kier molecular flexibility index (Phi) is 7.30. The van der Waals surface area contributed by atoms with E-state index in [0.29, 0.717) is 11.3 Å². The highest BCUT2D eigenvalue weighted by Gasteiger charge is 2.28. The van der Waals surface area contributed by atoms with Crippen LogP contribution in [0.4, 0.5) is 0 Å². The summed E-state index contributed by atoms with van der Waals surface area (Å²) in [6.45, 7) is 3.41. The van der Waals surface area contributed by atoms with Gasteiger partial charge in [-0.2, -0.15) is 5.10 Å². The Bertz CT molecular complexity index is 975. The van der Waals surface area contributed by atoms with Gasteiger partial charge in [0.05, 0.1) is 5.56 Å². The molecule has 150 valence electrons. The molecule has 0 fully saturated rings. The number of Topliss-reactive ketones (excluding diaryl/α,β-unsaturated/α-hetero) is 1. The van der Waals surface area contributed by atoms with Gasteiger partial charge in [0, 0.05) is 44.7 Å². The van der Waals surface area contributed by atoms with Gasteiger partial charge in [-0.05, 0) is 12.3 Å². The lowest BCUT2D eigenvalue weighted by Gasteiger charge is -2.16. The molecule has 2 amide bonds. The number of nitrogens with two attached hydrogens (primary N) is 1. The number of amides is 2. The fourth-order valence-corrected chi connectivity index (χ4v) is 2.73. The summed E-state index contributed by atoms with van der Waals surface area (Å²) < 4.78 is 1.45. The molecule has 29 heavy (non-hydrogen) atoms. The number of carbonyl (C=O) groups is 3. The number of rotatable bonds is 9. The molecule has 2 aromatic rings. The lowest BCUT2D eigenvalue weighted by Crippen LogP contribution is -2.47. The average molecular weight is 394 g/mol. The lowest BCUT2D eigenvalue weighted by molar-refractivity contribution is -0.137. The summed E-state index contributed by atoms with van der Waals surface area (Å²) in [7, 11) is 3.22. The van der Waals surface area contributed by atoms with Crippen molar-refractivity contribution in [2.45, 2.75) is 12.5 Å². The summed E-state index contributed by atoms with van der Waals surface area (Å²) in [5.74, 6) is -2.58. The van der Waals surface area contributed by atoms with Crippen LogP contribution in [0.1, 0.15) is 21.6 Å². The molecule has 1 unspecified atom stereocenters. The third-order valence-corrected chi connectivity index (χ3v) is 3.99. The minimum absolute atomic E-state index is 0.122. The highest BCUT2D eigenvalue weighted by Crippen LogP contribution is 2.17. The van der Waals surface area contributed by atoms with E-state index in [4.69, 9.17) is 5.73 Å². The number of hydrogen-bond acceptors (Lipinski definition) is 6. The zero-order valence-corrected chi connectivity index (χ0v) is 16.2. The van der Waals surface area contributed by atoms with Crippen molar-refractivity contribution in [3.05, 3.63) is 59.5 Å². The second-order valence-electron chi connectivity index (χ2n) is 6.16. The van der Waals surface area contributed by atoms with Gasteiger partial charge in [-0.15, -0.1) is 0 Å². The smallest absolute Gasteiger partial charge is 0.287 e. The van der Waals surface area contributed by atoms with Crippen LogP contribution in [-0.4, -0.2) is 53.4 Å². The Balaban J connectivity index is 2.36. The van der Waals surface area contributed by atoms with Crippen molar-refractivity contribution in [2.24, 2.45) is 22.8 Å². The zero-order valence-electron chi connectivity index (χ0n) is 16.2. The first-order valence-corrected chi connectivity index (χ1v) is 8.68. The Morgan fingerprint density at radius 3 is 2.59 bits per heavy atom. The Hall–Kier alpha value is -3.88. The van der Waals surface area contributed by atoms with Crippen LogP contribution in [0.3, 0.4) is 0 Å². The average Bonchev–Trinajstić information content (AvgIpc) is 3.09. The monoisotopic (exact) mass is 394 g/mol. The number of aromatic nitrogens is 2. The number of primary amides is 1. The maximum Gasteiger partial charge on any atom is 0.287 e. The Labute approximate surface area is 168 Å². The number of ketones is 1. The molecule has 0 aliphatic carbocycles. The molecule has 0 aliphatic heterocycles. The summed E-state index contributed by atoms with van der Waals surface area (Å²) in [6, 6.07) is 7.89. The van der Waals surface area contributed by atoms with Gasteiger partial charge < -0.3 is 11.1 Å². The van der Waals surface area contributed by atoms with Crippen LogP contribution in [-0.2, 0) is 23.1 Å². The molecule has 3 N–H and O–H groups in total. The number of allylic oxidation sites excluding steroid dienone is 1. The van der Waals surface area contributed by atoms with E-state index < -0.39 is 23.6 Å². The lowest BCUT2D eigenvalue weighted by atomic mass is 10.0. The van der Waals surface area contributed by atoms with E-state index in [9.17, 15) is 14.4 Å². The van der Waals surface area contributed by atoms with Crippen LogP contribution in [0.2, 0.25) is 0 Å². The van der Waals surface area contributed by atoms with E-state index >= 15 is 0 Å². The van der Waals surface area contributed by atoms with E-state index in [-0.39, 0.29) is 12.0 Å². The molecule has 0 saturated heterocycles. The third kappa shape index (κ3) is 5.55. The van der Waals surface area contributed by atoms with Crippen molar-refractivity contribution < 1.29 is 14.4 Å². The first-order valence-electron chi connectivity index (χ1n) is 8.68. The molecule has 1 heterocycles. The molecule has 1 aromatic carbocycles. The third-order valence-electron chi connectivity index (χ3n) is 3.99. The van der Waals surface area contributed by atoms with E-state index in [0.717, 1.165) is 5.56 Å². The summed E-state index contributed by atoms with van der Waals surface area (Å²) in [6.07, 6.45) is 4.53. The van der Waals surface area contributed by atoms with Crippen molar-refractivity contribution in [1.29, 1.82) is 0 Å². The largest absolute Gasteiger partial charge is 0.363 e. The van der Waals surface area contributed by atoms with Crippen molar-refractivity contribution in [3.63, 3.8) is 0 Å². The number of benzene rings is 1. The Morgan fingerprint density at radius 2 is 2.00 bits per heavy atom. The normalized spacial score (nSPS) is 12.6. The van der Waals surface area contributed by atoms with Crippen molar-refractivity contribution in [3.8, 4) is 0 Å². The van der Waals surface area contributed by atoms with Gasteiger partial charge in [-0.1, -0.05) is 30.3 Å². The maximum absolute atomic E-state index is 12.9. The predicted molar refractivity (Wildman–Crippen MR) is 111 cm³/mol. The predicted octanol–water partition coefficient (Wildman–Crippen LogP) is 0.558. The quantitative estimate of drug-likeness (QED) is 0.475. The summed E-state index contributed by atoms with van der Waals surface area (Å²) >= 11 is 0. The second-order valence-corrected chi connectivity index (χ2v) is 6.16. The van der Waals surface area contributed by atoms with Crippen molar-refractivity contribution in [2.75, 3.05) is 7.05 Å². The highest BCUT2D eigenvalue weighted by molar-refractivity contribution is 6.38. The minimum Gasteiger partial charge on any atom is -0.363 e. The topological polar surface area (TPSA) is 132 Å². The van der Waals surface area contributed by atoms with Crippen LogP contribution in [0.15, 0.2) is 52.7 Å². The van der Waals surface area contributed by atoms with Gasteiger partial charge in [-0.25, -0.2) is 0 Å². The summed E-state index contributed by atoms with van der Waals surface area (Å²) in [4.78, 5) is 44.3. The summed E-state index contributed by atoms with van der Waals surface area (Å²) in [5, 5.41) is 6.87. The van der Waals surface area contributed by atoms with E-state index in [1.165, 1.54) is 23.3 Å². The number of carbonyl (C=O) groups excluding carboxylic acids is 3. The van der Waals surface area contributed by atoms with Crippen LogP contribution >= 0.6 is 0 Å².